The first kappa shape index (κ1) is 16.7. The number of amides is 1. The predicted octanol–water partition coefficient (Wildman–Crippen LogP) is 2.71. The van der Waals surface area contributed by atoms with Crippen molar-refractivity contribution in [1.29, 1.82) is 0 Å². The Morgan fingerprint density at radius 1 is 1.45 bits per heavy atom. The quantitative estimate of drug-likeness (QED) is 0.760. The highest BCUT2D eigenvalue weighted by Crippen LogP contribution is 2.15. The molecule has 0 aliphatic rings. The molecule has 0 atom stereocenters. The van der Waals surface area contributed by atoms with Gasteiger partial charge in [-0.3, -0.25) is 4.79 Å². The van der Waals surface area contributed by atoms with Crippen LogP contribution >= 0.6 is 11.6 Å². The molecule has 0 unspecified atom stereocenters. The van der Waals surface area contributed by atoms with Crippen LogP contribution in [0.25, 0.3) is 0 Å². The molecule has 112 valence electrons. The van der Waals surface area contributed by atoms with Crippen LogP contribution in [0, 0.1) is 0 Å². The van der Waals surface area contributed by atoms with E-state index < -0.39 is 5.54 Å². The fraction of sp³-hybridized carbons (Fsp3) is 0.571. The van der Waals surface area contributed by atoms with E-state index in [0.29, 0.717) is 23.1 Å². The van der Waals surface area contributed by atoms with E-state index in [1.54, 1.807) is 19.2 Å². The molecule has 0 saturated carbocycles. The van der Waals surface area contributed by atoms with Gasteiger partial charge in [-0.25, -0.2) is 4.98 Å². The third kappa shape index (κ3) is 5.35. The van der Waals surface area contributed by atoms with E-state index >= 15 is 0 Å². The molecule has 1 heterocycles. The Morgan fingerprint density at radius 2 is 2.15 bits per heavy atom. The number of aromatic nitrogens is 1. The van der Waals surface area contributed by atoms with Crippen LogP contribution in [0.1, 0.15) is 37.6 Å². The molecule has 20 heavy (non-hydrogen) atoms. The van der Waals surface area contributed by atoms with Crippen molar-refractivity contribution in [1.82, 2.24) is 10.3 Å². The first-order valence-electron chi connectivity index (χ1n) is 6.61. The molecular formula is C14H22ClN3O2. The number of hydrogen-bond acceptors (Lipinski definition) is 4. The average Bonchev–Trinajstić information content (AvgIpc) is 2.35. The number of pyridine rings is 1. The first-order valence-corrected chi connectivity index (χ1v) is 6.98. The Hall–Kier alpha value is -1.33. The molecule has 0 aliphatic carbocycles. The Kier molecular flexibility index (Phi) is 6.23. The smallest absolute Gasteiger partial charge is 0.252 e. The monoisotopic (exact) mass is 299 g/mol. The van der Waals surface area contributed by atoms with Crippen LogP contribution in [-0.2, 0) is 4.74 Å². The number of nitrogens with zero attached hydrogens (tertiary/aromatic N) is 1. The second kappa shape index (κ2) is 7.45. The van der Waals surface area contributed by atoms with Gasteiger partial charge >= 0.3 is 0 Å². The minimum atomic E-state index is -0.446. The molecule has 6 heteroatoms. The Morgan fingerprint density at radius 3 is 2.75 bits per heavy atom. The lowest BCUT2D eigenvalue weighted by molar-refractivity contribution is 0.0820. The summed E-state index contributed by atoms with van der Waals surface area (Å²) in [6.07, 6.45) is 0.969. The molecule has 5 nitrogen and oxygen atoms in total. The van der Waals surface area contributed by atoms with Crippen molar-refractivity contribution >= 4 is 23.3 Å². The van der Waals surface area contributed by atoms with Gasteiger partial charge < -0.3 is 15.4 Å². The van der Waals surface area contributed by atoms with E-state index in [1.807, 2.05) is 13.8 Å². The second-order valence-corrected chi connectivity index (χ2v) is 5.65. The van der Waals surface area contributed by atoms with Gasteiger partial charge in [-0.05, 0) is 32.4 Å². The fourth-order valence-electron chi connectivity index (χ4n) is 1.75. The molecule has 2 N–H and O–H groups in total. The summed E-state index contributed by atoms with van der Waals surface area (Å²) in [5, 5.41) is 6.32. The van der Waals surface area contributed by atoms with Gasteiger partial charge in [0.1, 0.15) is 11.0 Å². The molecular weight excluding hydrogens is 278 g/mol. The van der Waals surface area contributed by atoms with Crippen molar-refractivity contribution in [3.05, 3.63) is 22.8 Å². The maximum absolute atomic E-state index is 12.2. The number of nitrogens with one attached hydrogen (secondary N) is 2. The van der Waals surface area contributed by atoms with Gasteiger partial charge in [0.05, 0.1) is 12.1 Å². The molecule has 0 radical (unpaired) electrons. The zero-order valence-electron chi connectivity index (χ0n) is 12.4. The van der Waals surface area contributed by atoms with Gasteiger partial charge in [-0.2, -0.15) is 0 Å². The minimum absolute atomic E-state index is 0.198. The third-order valence-corrected chi connectivity index (χ3v) is 2.76. The number of hydrogen-bond donors (Lipinski definition) is 2. The average molecular weight is 300 g/mol. The Bertz CT molecular complexity index is 464. The number of ether oxygens (including phenoxy) is 1. The van der Waals surface area contributed by atoms with Gasteiger partial charge in [0, 0.05) is 19.2 Å². The Balaban J connectivity index is 2.84. The summed E-state index contributed by atoms with van der Waals surface area (Å²) in [6, 6.07) is 3.25. The largest absolute Gasteiger partial charge is 0.382 e. The number of halogens is 1. The molecule has 1 rings (SSSR count). The molecule has 0 fully saturated rings. The van der Waals surface area contributed by atoms with Crippen LogP contribution in [0.2, 0.25) is 5.15 Å². The van der Waals surface area contributed by atoms with Gasteiger partial charge in [0.25, 0.3) is 5.91 Å². The van der Waals surface area contributed by atoms with Gasteiger partial charge in [-0.15, -0.1) is 0 Å². The van der Waals surface area contributed by atoms with E-state index in [0.717, 1.165) is 13.0 Å². The second-order valence-electron chi connectivity index (χ2n) is 5.26. The number of rotatable bonds is 7. The minimum Gasteiger partial charge on any atom is -0.382 e. The van der Waals surface area contributed by atoms with Crippen molar-refractivity contribution in [3.8, 4) is 0 Å². The molecule has 1 aromatic rings. The van der Waals surface area contributed by atoms with E-state index in [1.165, 1.54) is 0 Å². The maximum atomic E-state index is 12.2. The van der Waals surface area contributed by atoms with E-state index in [4.69, 9.17) is 16.3 Å². The lowest BCUT2D eigenvalue weighted by Gasteiger charge is -2.25. The van der Waals surface area contributed by atoms with Crippen LogP contribution in [0.5, 0.6) is 0 Å². The lowest BCUT2D eigenvalue weighted by atomic mass is 10.1. The van der Waals surface area contributed by atoms with Crippen LogP contribution in [0.15, 0.2) is 12.1 Å². The standard InChI is InChI=1S/C14H22ClN3O2/c1-5-6-16-12-8-10(7-11(15)17-12)13(19)18-14(2,3)9-20-4/h7-8H,5-6,9H2,1-4H3,(H,16,17)(H,18,19). The number of anilines is 1. The van der Waals surface area contributed by atoms with Crippen LogP contribution in [0.4, 0.5) is 5.82 Å². The molecule has 1 amide bonds. The molecule has 0 aliphatic heterocycles. The molecule has 0 aromatic carbocycles. The SMILES string of the molecule is CCCNc1cc(C(=O)NC(C)(C)COC)cc(Cl)n1. The number of carbonyl (C=O) groups is 1. The van der Waals surface area contributed by atoms with Crippen molar-refractivity contribution < 1.29 is 9.53 Å². The highest BCUT2D eigenvalue weighted by Gasteiger charge is 2.21. The lowest BCUT2D eigenvalue weighted by Crippen LogP contribution is -2.46. The summed E-state index contributed by atoms with van der Waals surface area (Å²) in [7, 11) is 1.60. The predicted molar refractivity (Wildman–Crippen MR) is 81.4 cm³/mol. The molecule has 0 spiro atoms. The molecule has 0 bridgehead atoms. The van der Waals surface area contributed by atoms with Crippen molar-refractivity contribution in [2.75, 3.05) is 25.6 Å². The summed E-state index contributed by atoms with van der Waals surface area (Å²) in [4.78, 5) is 16.4. The van der Waals surface area contributed by atoms with Crippen LogP contribution < -0.4 is 10.6 Å². The highest BCUT2D eigenvalue weighted by atomic mass is 35.5. The first-order chi connectivity index (χ1) is 9.38. The number of methoxy groups -OCH3 is 1. The summed E-state index contributed by atoms with van der Waals surface area (Å²) in [6.45, 7) is 7.06. The topological polar surface area (TPSA) is 63.2 Å². The van der Waals surface area contributed by atoms with Crippen LogP contribution in [0.3, 0.4) is 0 Å². The zero-order valence-corrected chi connectivity index (χ0v) is 13.2. The van der Waals surface area contributed by atoms with Crippen molar-refractivity contribution in [2.45, 2.75) is 32.7 Å². The summed E-state index contributed by atoms with van der Waals surface area (Å²) >= 11 is 5.95. The van der Waals surface area contributed by atoms with Gasteiger partial charge in [0.2, 0.25) is 0 Å². The highest BCUT2D eigenvalue weighted by molar-refractivity contribution is 6.29. The van der Waals surface area contributed by atoms with Gasteiger partial charge in [0.15, 0.2) is 0 Å². The maximum Gasteiger partial charge on any atom is 0.252 e. The van der Waals surface area contributed by atoms with Gasteiger partial charge in [-0.1, -0.05) is 18.5 Å². The van der Waals surface area contributed by atoms with E-state index in [9.17, 15) is 4.79 Å². The van der Waals surface area contributed by atoms with E-state index in [2.05, 4.69) is 22.5 Å². The van der Waals surface area contributed by atoms with Crippen molar-refractivity contribution in [2.24, 2.45) is 0 Å². The third-order valence-electron chi connectivity index (χ3n) is 2.57. The molecule has 0 saturated heterocycles. The summed E-state index contributed by atoms with van der Waals surface area (Å²) in [5.74, 6) is 0.407. The van der Waals surface area contributed by atoms with Crippen molar-refractivity contribution in [3.63, 3.8) is 0 Å². The Labute approximate surface area is 125 Å². The summed E-state index contributed by atoms with van der Waals surface area (Å²) < 4.78 is 5.08. The number of carbonyl (C=O) groups excluding carboxylic acids is 1. The summed E-state index contributed by atoms with van der Waals surface area (Å²) in [5.41, 5.74) is 0.0336. The normalized spacial score (nSPS) is 11.2. The fourth-order valence-corrected chi connectivity index (χ4v) is 1.96. The van der Waals surface area contributed by atoms with E-state index in [-0.39, 0.29) is 5.91 Å². The molecule has 1 aromatic heterocycles. The van der Waals surface area contributed by atoms with Crippen LogP contribution in [-0.4, -0.2) is 36.7 Å². The zero-order chi connectivity index (χ0) is 15.2.